The van der Waals surface area contributed by atoms with E-state index < -0.39 is 0 Å². The second kappa shape index (κ2) is 13.3. The average Bonchev–Trinajstić information content (AvgIpc) is 2.89. The molecular formula is C32H34N2. The van der Waals surface area contributed by atoms with Gasteiger partial charge in [-0.15, -0.1) is 0 Å². The van der Waals surface area contributed by atoms with Crippen molar-refractivity contribution in [3.63, 3.8) is 0 Å². The van der Waals surface area contributed by atoms with Crippen LogP contribution in [0.15, 0.2) is 133 Å². The third kappa shape index (κ3) is 8.15. The van der Waals surface area contributed by atoms with Crippen LogP contribution in [0.3, 0.4) is 0 Å². The molecule has 0 aliphatic carbocycles. The van der Waals surface area contributed by atoms with E-state index in [0.717, 1.165) is 39.3 Å². The summed E-state index contributed by atoms with van der Waals surface area (Å²) in [5.41, 5.74) is 5.39. The number of rotatable bonds is 12. The standard InChI is InChI=1S/C32H34N2/c1-5-15-29(16-6-1)25-33(26-30-17-7-2-8-18-30)23-13-14-24-34(27-31-19-9-3-10-20-31)28-32-21-11-4-12-22-32/h1-22H,23-28H2/b14-13-. The summed E-state index contributed by atoms with van der Waals surface area (Å²) >= 11 is 0. The van der Waals surface area contributed by atoms with Crippen LogP contribution in [-0.2, 0) is 26.2 Å². The summed E-state index contributed by atoms with van der Waals surface area (Å²) in [6.07, 6.45) is 4.66. The molecule has 0 heterocycles. The largest absolute Gasteiger partial charge is 0.291 e. The fourth-order valence-corrected chi connectivity index (χ4v) is 4.18. The van der Waals surface area contributed by atoms with Crippen LogP contribution in [0, 0.1) is 0 Å². The van der Waals surface area contributed by atoms with Crippen LogP contribution in [-0.4, -0.2) is 22.9 Å². The second-order valence-electron chi connectivity index (χ2n) is 8.75. The zero-order valence-electron chi connectivity index (χ0n) is 19.8. The predicted molar refractivity (Wildman–Crippen MR) is 143 cm³/mol. The fourth-order valence-electron chi connectivity index (χ4n) is 4.18. The minimum absolute atomic E-state index is 0.925. The smallest absolute Gasteiger partial charge is 0.0240 e. The van der Waals surface area contributed by atoms with Gasteiger partial charge in [0, 0.05) is 39.3 Å². The van der Waals surface area contributed by atoms with Crippen LogP contribution in [0.25, 0.3) is 0 Å². The highest BCUT2D eigenvalue weighted by atomic mass is 15.1. The van der Waals surface area contributed by atoms with Gasteiger partial charge in [-0.3, -0.25) is 9.80 Å². The molecule has 0 aromatic heterocycles. The van der Waals surface area contributed by atoms with Gasteiger partial charge in [0.1, 0.15) is 0 Å². The van der Waals surface area contributed by atoms with Crippen LogP contribution in [0.2, 0.25) is 0 Å². The molecule has 0 N–H and O–H groups in total. The Morgan fingerprint density at radius 2 is 0.588 bits per heavy atom. The van der Waals surface area contributed by atoms with Crippen molar-refractivity contribution in [3.8, 4) is 0 Å². The molecule has 0 amide bonds. The molecule has 4 aromatic rings. The summed E-state index contributed by atoms with van der Waals surface area (Å²) in [6.45, 7) is 5.62. The number of benzene rings is 4. The van der Waals surface area contributed by atoms with Crippen LogP contribution in [0.4, 0.5) is 0 Å². The van der Waals surface area contributed by atoms with Crippen molar-refractivity contribution >= 4 is 0 Å². The lowest BCUT2D eigenvalue weighted by Crippen LogP contribution is -2.24. The van der Waals surface area contributed by atoms with Gasteiger partial charge in [-0.2, -0.15) is 0 Å². The van der Waals surface area contributed by atoms with E-state index in [1.54, 1.807) is 0 Å². The van der Waals surface area contributed by atoms with E-state index in [-0.39, 0.29) is 0 Å². The van der Waals surface area contributed by atoms with Gasteiger partial charge < -0.3 is 0 Å². The average molecular weight is 447 g/mol. The van der Waals surface area contributed by atoms with E-state index in [4.69, 9.17) is 0 Å². The Balaban J connectivity index is 1.40. The molecule has 0 atom stereocenters. The minimum Gasteiger partial charge on any atom is -0.291 e. The second-order valence-corrected chi connectivity index (χ2v) is 8.75. The molecule has 0 spiro atoms. The maximum absolute atomic E-state index is 2.50. The summed E-state index contributed by atoms with van der Waals surface area (Å²) in [6, 6.07) is 43.0. The normalized spacial score (nSPS) is 11.5. The zero-order valence-corrected chi connectivity index (χ0v) is 19.8. The first kappa shape index (κ1) is 23.7. The van der Waals surface area contributed by atoms with Gasteiger partial charge >= 0.3 is 0 Å². The molecule has 172 valence electrons. The molecular weight excluding hydrogens is 412 g/mol. The van der Waals surface area contributed by atoms with E-state index in [1.807, 2.05) is 0 Å². The highest BCUT2D eigenvalue weighted by Gasteiger charge is 2.08. The van der Waals surface area contributed by atoms with Gasteiger partial charge in [-0.1, -0.05) is 133 Å². The van der Waals surface area contributed by atoms with Gasteiger partial charge in [-0.05, 0) is 22.3 Å². The van der Waals surface area contributed by atoms with Gasteiger partial charge in [0.25, 0.3) is 0 Å². The molecule has 0 fully saturated rings. The van der Waals surface area contributed by atoms with Crippen molar-refractivity contribution < 1.29 is 0 Å². The molecule has 0 unspecified atom stereocenters. The zero-order chi connectivity index (χ0) is 23.3. The van der Waals surface area contributed by atoms with Crippen molar-refractivity contribution in [2.75, 3.05) is 13.1 Å². The maximum atomic E-state index is 2.50. The van der Waals surface area contributed by atoms with E-state index in [1.165, 1.54) is 22.3 Å². The summed E-state index contributed by atoms with van der Waals surface area (Å²) < 4.78 is 0. The molecule has 0 radical (unpaired) electrons. The van der Waals surface area contributed by atoms with Crippen LogP contribution in [0.5, 0.6) is 0 Å². The lowest BCUT2D eigenvalue weighted by atomic mass is 10.1. The first-order valence-corrected chi connectivity index (χ1v) is 12.1. The SMILES string of the molecule is C(=C/CN(Cc1ccccc1)Cc1ccccc1)/CN(Cc1ccccc1)Cc1ccccc1. The first-order valence-electron chi connectivity index (χ1n) is 12.1. The van der Waals surface area contributed by atoms with E-state index >= 15 is 0 Å². The Kier molecular flexibility index (Phi) is 9.26. The van der Waals surface area contributed by atoms with E-state index in [2.05, 4.69) is 143 Å². The molecule has 0 saturated heterocycles. The van der Waals surface area contributed by atoms with Crippen molar-refractivity contribution in [3.05, 3.63) is 156 Å². The van der Waals surface area contributed by atoms with Crippen LogP contribution in [0.1, 0.15) is 22.3 Å². The molecule has 0 aliphatic heterocycles. The predicted octanol–water partition coefficient (Wildman–Crippen LogP) is 6.95. The molecule has 2 heteroatoms. The third-order valence-electron chi connectivity index (χ3n) is 5.89. The number of nitrogens with zero attached hydrogens (tertiary/aromatic N) is 2. The van der Waals surface area contributed by atoms with Crippen molar-refractivity contribution in [1.82, 2.24) is 9.80 Å². The lowest BCUT2D eigenvalue weighted by molar-refractivity contribution is 0.278. The monoisotopic (exact) mass is 446 g/mol. The Hall–Kier alpha value is -3.46. The van der Waals surface area contributed by atoms with E-state index in [9.17, 15) is 0 Å². The van der Waals surface area contributed by atoms with Gasteiger partial charge in [0.05, 0.1) is 0 Å². The van der Waals surface area contributed by atoms with Gasteiger partial charge in [0.15, 0.2) is 0 Å². The maximum Gasteiger partial charge on any atom is 0.0240 e. The number of hydrogen-bond acceptors (Lipinski definition) is 2. The summed E-state index contributed by atoms with van der Waals surface area (Å²) in [5, 5.41) is 0. The van der Waals surface area contributed by atoms with Crippen LogP contribution >= 0.6 is 0 Å². The Labute approximate surface area is 204 Å². The molecule has 4 rings (SSSR count). The molecule has 0 aliphatic rings. The topological polar surface area (TPSA) is 6.48 Å². The number of hydrogen-bond donors (Lipinski definition) is 0. The summed E-state index contributed by atoms with van der Waals surface area (Å²) in [4.78, 5) is 5.00. The highest BCUT2D eigenvalue weighted by Crippen LogP contribution is 2.12. The van der Waals surface area contributed by atoms with Crippen molar-refractivity contribution in [2.24, 2.45) is 0 Å². The Bertz CT molecular complexity index is 919. The van der Waals surface area contributed by atoms with Crippen LogP contribution < -0.4 is 0 Å². The Morgan fingerprint density at radius 3 is 0.824 bits per heavy atom. The summed E-state index contributed by atoms with van der Waals surface area (Å²) in [5.74, 6) is 0. The highest BCUT2D eigenvalue weighted by molar-refractivity contribution is 5.19. The summed E-state index contributed by atoms with van der Waals surface area (Å²) in [7, 11) is 0. The molecule has 2 nitrogen and oxygen atoms in total. The Morgan fingerprint density at radius 1 is 0.353 bits per heavy atom. The fraction of sp³-hybridized carbons (Fsp3) is 0.188. The van der Waals surface area contributed by atoms with Gasteiger partial charge in [-0.25, -0.2) is 0 Å². The van der Waals surface area contributed by atoms with Crippen molar-refractivity contribution in [1.29, 1.82) is 0 Å². The molecule has 0 saturated carbocycles. The van der Waals surface area contributed by atoms with Gasteiger partial charge in [0.2, 0.25) is 0 Å². The quantitative estimate of drug-likeness (QED) is 0.217. The van der Waals surface area contributed by atoms with E-state index in [0.29, 0.717) is 0 Å². The third-order valence-corrected chi connectivity index (χ3v) is 5.89. The van der Waals surface area contributed by atoms with Crippen molar-refractivity contribution in [2.45, 2.75) is 26.2 Å². The first-order chi connectivity index (χ1) is 16.8. The lowest BCUT2D eigenvalue weighted by Gasteiger charge is -2.23. The molecule has 34 heavy (non-hydrogen) atoms. The molecule has 0 bridgehead atoms. The minimum atomic E-state index is 0.925. The molecule has 4 aromatic carbocycles.